The Bertz CT molecular complexity index is 1020. The molecule has 2 atom stereocenters. The molecule has 2 aliphatic heterocycles. The van der Waals surface area contributed by atoms with Crippen LogP contribution in [0.3, 0.4) is 0 Å². The van der Waals surface area contributed by atoms with E-state index in [9.17, 15) is 0 Å². The summed E-state index contributed by atoms with van der Waals surface area (Å²) in [4.78, 5) is 6.74. The molecule has 3 aromatic rings. The van der Waals surface area contributed by atoms with Gasteiger partial charge in [0, 0.05) is 36.4 Å². The Labute approximate surface area is 168 Å². The fourth-order valence-corrected chi connectivity index (χ4v) is 4.30. The van der Waals surface area contributed by atoms with Crippen LogP contribution < -0.4 is 19.7 Å². The number of hydrogen-bond donors (Lipinski definition) is 1. The molecule has 0 aliphatic carbocycles. The smallest absolute Gasteiger partial charge is 0.231 e. The van der Waals surface area contributed by atoms with Gasteiger partial charge in [-0.15, -0.1) is 0 Å². The highest BCUT2D eigenvalue weighted by Crippen LogP contribution is 2.44. The molecule has 0 saturated carbocycles. The Kier molecular flexibility index (Phi) is 4.16. The number of aryl methyl sites for hydroxylation is 1. The summed E-state index contributed by atoms with van der Waals surface area (Å²) in [6, 6.07) is 16.1. The van der Waals surface area contributed by atoms with Gasteiger partial charge in [-0.2, -0.15) is 0 Å². The van der Waals surface area contributed by atoms with E-state index in [1.54, 1.807) is 0 Å². The van der Waals surface area contributed by atoms with E-state index in [2.05, 4.69) is 45.0 Å². The number of anilines is 1. The van der Waals surface area contributed by atoms with Crippen LogP contribution in [-0.4, -0.2) is 21.5 Å². The van der Waals surface area contributed by atoms with E-state index in [4.69, 9.17) is 21.7 Å². The van der Waals surface area contributed by atoms with Crippen molar-refractivity contribution < 1.29 is 9.47 Å². The topological polar surface area (TPSA) is 51.6 Å². The van der Waals surface area contributed by atoms with Gasteiger partial charge in [0.2, 0.25) is 6.79 Å². The molecule has 4 heterocycles. The molecule has 6 nitrogen and oxygen atoms in total. The lowest BCUT2D eigenvalue weighted by atomic mass is 10.0. The highest BCUT2D eigenvalue weighted by molar-refractivity contribution is 7.80. The summed E-state index contributed by atoms with van der Waals surface area (Å²) >= 11 is 5.76. The van der Waals surface area contributed by atoms with Crippen molar-refractivity contribution in [2.75, 3.05) is 11.7 Å². The highest BCUT2D eigenvalue weighted by atomic mass is 32.1. The molecule has 1 fully saturated rings. The van der Waals surface area contributed by atoms with Crippen molar-refractivity contribution in [3.8, 4) is 11.5 Å². The number of ether oxygens (including phenoxy) is 2. The van der Waals surface area contributed by atoms with Crippen molar-refractivity contribution in [3.63, 3.8) is 0 Å². The van der Waals surface area contributed by atoms with Crippen LogP contribution in [0.15, 0.2) is 60.9 Å². The van der Waals surface area contributed by atoms with Gasteiger partial charge in [-0.1, -0.05) is 6.07 Å². The Balaban J connectivity index is 1.63. The van der Waals surface area contributed by atoms with Gasteiger partial charge in [-0.3, -0.25) is 4.98 Å². The third-order valence-electron chi connectivity index (χ3n) is 5.24. The molecule has 2 aromatic heterocycles. The fourth-order valence-electron chi connectivity index (χ4n) is 3.95. The summed E-state index contributed by atoms with van der Waals surface area (Å²) in [6.45, 7) is 3.28. The maximum absolute atomic E-state index is 5.76. The first kappa shape index (κ1) is 17.1. The number of nitrogens with zero attached hydrogens (tertiary/aromatic N) is 3. The van der Waals surface area contributed by atoms with E-state index in [0.717, 1.165) is 29.4 Å². The first-order chi connectivity index (χ1) is 13.8. The van der Waals surface area contributed by atoms with Crippen LogP contribution in [-0.2, 0) is 6.54 Å². The molecule has 0 radical (unpaired) electrons. The van der Waals surface area contributed by atoms with Gasteiger partial charge in [-0.25, -0.2) is 0 Å². The average Bonchev–Trinajstić information content (AvgIpc) is 3.45. The Hall–Kier alpha value is -3.06. The molecule has 0 amide bonds. The second-order valence-electron chi connectivity index (χ2n) is 6.75. The van der Waals surface area contributed by atoms with Crippen LogP contribution in [0, 0.1) is 0 Å². The number of thiocarbonyl (C=S) groups is 1. The van der Waals surface area contributed by atoms with Gasteiger partial charge < -0.3 is 24.3 Å². The fraction of sp³-hybridized carbons (Fsp3) is 0.238. The third-order valence-corrected chi connectivity index (χ3v) is 5.56. The van der Waals surface area contributed by atoms with Crippen molar-refractivity contribution in [3.05, 3.63) is 72.3 Å². The van der Waals surface area contributed by atoms with Gasteiger partial charge >= 0.3 is 0 Å². The van der Waals surface area contributed by atoms with Crippen molar-refractivity contribution in [1.29, 1.82) is 0 Å². The van der Waals surface area contributed by atoms with Crippen molar-refractivity contribution in [2.24, 2.45) is 0 Å². The number of aromatic nitrogens is 2. The normalized spacial score (nSPS) is 20.5. The van der Waals surface area contributed by atoms with Gasteiger partial charge in [0.15, 0.2) is 16.6 Å². The summed E-state index contributed by atoms with van der Waals surface area (Å²) in [5.41, 5.74) is 3.11. The summed E-state index contributed by atoms with van der Waals surface area (Å²) < 4.78 is 13.3. The molecule has 142 valence electrons. The minimum Gasteiger partial charge on any atom is -0.454 e. The lowest BCUT2D eigenvalue weighted by Gasteiger charge is -2.28. The Morgan fingerprint density at radius 2 is 2.04 bits per heavy atom. The van der Waals surface area contributed by atoms with E-state index >= 15 is 0 Å². The maximum Gasteiger partial charge on any atom is 0.231 e. The predicted molar refractivity (Wildman–Crippen MR) is 111 cm³/mol. The summed E-state index contributed by atoms with van der Waals surface area (Å²) in [5, 5.41) is 4.16. The number of benzene rings is 1. The van der Waals surface area contributed by atoms with Crippen LogP contribution in [0.2, 0.25) is 0 Å². The molecule has 1 saturated heterocycles. The number of fused-ring (bicyclic) bond motifs is 1. The molecule has 2 aliphatic rings. The molecule has 0 unspecified atom stereocenters. The quantitative estimate of drug-likeness (QED) is 0.682. The lowest BCUT2D eigenvalue weighted by molar-refractivity contribution is 0.174. The minimum atomic E-state index is -0.0562. The molecular weight excluding hydrogens is 372 g/mol. The number of hydrogen-bond acceptors (Lipinski definition) is 4. The van der Waals surface area contributed by atoms with E-state index in [1.807, 2.05) is 42.6 Å². The SMILES string of the molecule is CCn1cccc1[C@H]1[C@H](c2ccccn2)NC(=S)N1c1ccc2c(c1)OCO2. The third kappa shape index (κ3) is 2.70. The van der Waals surface area contributed by atoms with E-state index in [-0.39, 0.29) is 18.9 Å². The molecule has 1 N–H and O–H groups in total. The van der Waals surface area contributed by atoms with Crippen LogP contribution in [0.5, 0.6) is 11.5 Å². The van der Waals surface area contributed by atoms with Crippen molar-refractivity contribution in [1.82, 2.24) is 14.9 Å². The zero-order valence-electron chi connectivity index (χ0n) is 15.4. The van der Waals surface area contributed by atoms with Gasteiger partial charge in [0.1, 0.15) is 6.04 Å². The minimum absolute atomic E-state index is 0.0299. The van der Waals surface area contributed by atoms with Crippen LogP contribution in [0.25, 0.3) is 0 Å². The monoisotopic (exact) mass is 392 g/mol. The van der Waals surface area contributed by atoms with Crippen molar-refractivity contribution >= 4 is 23.0 Å². The predicted octanol–water partition coefficient (Wildman–Crippen LogP) is 3.81. The Morgan fingerprint density at radius 3 is 2.86 bits per heavy atom. The number of rotatable bonds is 4. The van der Waals surface area contributed by atoms with Gasteiger partial charge in [-0.05, 0) is 55.5 Å². The first-order valence-electron chi connectivity index (χ1n) is 9.31. The molecule has 28 heavy (non-hydrogen) atoms. The van der Waals surface area contributed by atoms with Gasteiger partial charge in [0.05, 0.1) is 11.7 Å². The number of pyridine rings is 1. The molecule has 0 spiro atoms. The van der Waals surface area contributed by atoms with Crippen molar-refractivity contribution in [2.45, 2.75) is 25.6 Å². The summed E-state index contributed by atoms with van der Waals surface area (Å²) in [5.74, 6) is 1.50. The summed E-state index contributed by atoms with van der Waals surface area (Å²) in [6.07, 6.45) is 3.92. The molecule has 0 bridgehead atoms. The first-order valence-corrected chi connectivity index (χ1v) is 9.72. The summed E-state index contributed by atoms with van der Waals surface area (Å²) in [7, 11) is 0. The zero-order chi connectivity index (χ0) is 19.1. The molecule has 1 aromatic carbocycles. The van der Waals surface area contributed by atoms with Crippen LogP contribution >= 0.6 is 12.2 Å². The van der Waals surface area contributed by atoms with E-state index in [1.165, 1.54) is 5.69 Å². The molecular formula is C21H20N4O2S. The lowest BCUT2D eigenvalue weighted by Crippen LogP contribution is -2.30. The van der Waals surface area contributed by atoms with Crippen LogP contribution in [0.4, 0.5) is 5.69 Å². The number of nitrogens with one attached hydrogen (secondary N) is 1. The molecule has 5 rings (SSSR count). The average molecular weight is 392 g/mol. The van der Waals surface area contributed by atoms with Gasteiger partial charge in [0.25, 0.3) is 0 Å². The largest absolute Gasteiger partial charge is 0.454 e. The van der Waals surface area contributed by atoms with Crippen LogP contribution in [0.1, 0.15) is 30.4 Å². The maximum atomic E-state index is 5.76. The Morgan fingerprint density at radius 1 is 1.14 bits per heavy atom. The highest BCUT2D eigenvalue weighted by Gasteiger charge is 2.42. The second kappa shape index (κ2) is 6.83. The van der Waals surface area contributed by atoms with E-state index in [0.29, 0.717) is 5.11 Å². The standard InChI is InChI=1S/C21H20N4O2S/c1-2-24-11-5-7-16(24)20-19(15-6-3-4-10-22-15)23-21(28)25(20)14-8-9-17-18(12-14)27-13-26-17/h3-12,19-20H,2,13H2,1H3,(H,23,28)/t19-,20-/m0/s1. The second-order valence-corrected chi connectivity index (χ2v) is 7.14. The van der Waals surface area contributed by atoms with E-state index < -0.39 is 0 Å². The zero-order valence-corrected chi connectivity index (χ0v) is 16.2. The molecule has 7 heteroatoms.